The molecule has 1 amide bonds. The Hall–Kier alpha value is -0.520. The molecule has 0 spiro atoms. The highest BCUT2D eigenvalue weighted by atomic mass is 79.9. The molecule has 0 radical (unpaired) electrons. The topological polar surface area (TPSA) is 38.3 Å². The Kier molecular flexibility index (Phi) is 6.75. The molecular weight excluding hydrogens is 314 g/mol. The second-order valence-corrected chi connectivity index (χ2v) is 5.87. The zero-order valence-corrected chi connectivity index (χ0v) is 13.3. The number of hydrogen-bond acceptors (Lipinski definition) is 3. The Balaban J connectivity index is 2.48. The van der Waals surface area contributed by atoms with Gasteiger partial charge in [-0.3, -0.25) is 4.79 Å². The van der Waals surface area contributed by atoms with Gasteiger partial charge in [-0.15, -0.1) is 11.8 Å². The molecule has 1 aromatic carbocycles. The summed E-state index contributed by atoms with van der Waals surface area (Å²) in [5, 5.41) is 2.81. The number of carbonyl (C=O) groups excluding carboxylic acids is 1. The minimum atomic E-state index is 0.0389. The van der Waals surface area contributed by atoms with Crippen molar-refractivity contribution in [2.75, 3.05) is 26.0 Å². The molecule has 0 aliphatic heterocycles. The van der Waals surface area contributed by atoms with Crippen LogP contribution in [0.5, 0.6) is 0 Å². The average molecular weight is 332 g/mol. The molecule has 0 aromatic heterocycles. The van der Waals surface area contributed by atoms with Crippen LogP contribution < -0.4 is 5.32 Å². The summed E-state index contributed by atoms with van der Waals surface area (Å²) in [6.45, 7) is 5.21. The summed E-state index contributed by atoms with van der Waals surface area (Å²) in [6.07, 6.45) is 0. The van der Waals surface area contributed by atoms with Gasteiger partial charge in [0, 0.05) is 23.0 Å². The number of nitrogens with one attached hydrogen (secondary N) is 1. The summed E-state index contributed by atoms with van der Waals surface area (Å²) in [5.74, 6) is 0.475. The van der Waals surface area contributed by atoms with Crippen molar-refractivity contribution in [3.8, 4) is 0 Å². The Labute approximate surface area is 121 Å². The van der Waals surface area contributed by atoms with Crippen molar-refractivity contribution in [1.29, 1.82) is 0 Å². The monoisotopic (exact) mass is 331 g/mol. The Morgan fingerprint density at radius 3 is 2.78 bits per heavy atom. The van der Waals surface area contributed by atoms with Crippen LogP contribution in [0.1, 0.15) is 11.1 Å². The van der Waals surface area contributed by atoms with Crippen LogP contribution in [0.4, 0.5) is 0 Å². The Morgan fingerprint density at radius 1 is 1.39 bits per heavy atom. The summed E-state index contributed by atoms with van der Waals surface area (Å²) >= 11 is 5.06. The lowest BCUT2D eigenvalue weighted by Gasteiger charge is -2.09. The number of carbonyl (C=O) groups is 1. The summed E-state index contributed by atoms with van der Waals surface area (Å²) in [5.41, 5.74) is 2.37. The maximum absolute atomic E-state index is 11.6. The number of aryl methyl sites for hydroxylation is 2. The number of amides is 1. The molecule has 3 nitrogen and oxygen atoms in total. The molecule has 0 saturated heterocycles. The Bertz CT molecular complexity index is 424. The molecule has 18 heavy (non-hydrogen) atoms. The van der Waals surface area contributed by atoms with Crippen LogP contribution in [-0.4, -0.2) is 31.9 Å². The first-order chi connectivity index (χ1) is 8.54. The maximum Gasteiger partial charge on any atom is 0.230 e. The fourth-order valence-electron chi connectivity index (χ4n) is 1.40. The van der Waals surface area contributed by atoms with Gasteiger partial charge in [-0.2, -0.15) is 0 Å². The van der Waals surface area contributed by atoms with E-state index in [2.05, 4.69) is 40.3 Å². The first-order valence-corrected chi connectivity index (χ1v) is 7.47. The number of hydrogen-bond donors (Lipinski definition) is 1. The largest absolute Gasteiger partial charge is 0.383 e. The molecule has 1 rings (SSSR count). The van der Waals surface area contributed by atoms with E-state index >= 15 is 0 Å². The molecule has 0 heterocycles. The predicted molar refractivity (Wildman–Crippen MR) is 79.2 cm³/mol. The van der Waals surface area contributed by atoms with E-state index in [1.54, 1.807) is 18.9 Å². The van der Waals surface area contributed by atoms with E-state index < -0.39 is 0 Å². The molecule has 1 aromatic rings. The number of benzene rings is 1. The van der Waals surface area contributed by atoms with Crippen LogP contribution in [0.15, 0.2) is 21.5 Å². The van der Waals surface area contributed by atoms with Crippen molar-refractivity contribution in [1.82, 2.24) is 5.32 Å². The molecule has 0 bridgehead atoms. The molecule has 0 fully saturated rings. The lowest BCUT2D eigenvalue weighted by Crippen LogP contribution is -2.28. The van der Waals surface area contributed by atoms with E-state index in [1.807, 2.05) is 6.92 Å². The van der Waals surface area contributed by atoms with E-state index in [-0.39, 0.29) is 5.91 Å². The van der Waals surface area contributed by atoms with Gasteiger partial charge in [0.2, 0.25) is 5.91 Å². The highest BCUT2D eigenvalue weighted by molar-refractivity contribution is 9.10. The fourth-order valence-corrected chi connectivity index (χ4v) is 2.79. The molecule has 0 saturated carbocycles. The zero-order chi connectivity index (χ0) is 13.5. The van der Waals surface area contributed by atoms with Gasteiger partial charge in [-0.1, -0.05) is 15.9 Å². The number of thioether (sulfide) groups is 1. The number of rotatable bonds is 6. The van der Waals surface area contributed by atoms with Crippen LogP contribution in [0.25, 0.3) is 0 Å². The van der Waals surface area contributed by atoms with Crippen molar-refractivity contribution < 1.29 is 9.53 Å². The maximum atomic E-state index is 11.6. The molecule has 0 unspecified atom stereocenters. The van der Waals surface area contributed by atoms with Gasteiger partial charge in [0.1, 0.15) is 0 Å². The quantitative estimate of drug-likeness (QED) is 0.643. The average Bonchev–Trinajstić information content (AvgIpc) is 2.32. The lowest BCUT2D eigenvalue weighted by atomic mass is 10.2. The van der Waals surface area contributed by atoms with Gasteiger partial charge in [-0.25, -0.2) is 0 Å². The lowest BCUT2D eigenvalue weighted by molar-refractivity contribution is -0.118. The van der Waals surface area contributed by atoms with E-state index in [4.69, 9.17) is 4.74 Å². The van der Waals surface area contributed by atoms with Crippen molar-refractivity contribution in [2.24, 2.45) is 0 Å². The van der Waals surface area contributed by atoms with E-state index in [0.717, 1.165) is 9.37 Å². The van der Waals surface area contributed by atoms with E-state index in [1.165, 1.54) is 11.1 Å². The summed E-state index contributed by atoms with van der Waals surface area (Å²) in [6, 6.07) is 4.19. The fraction of sp³-hybridized carbons (Fsp3) is 0.462. The molecule has 5 heteroatoms. The molecule has 0 atom stereocenters. The summed E-state index contributed by atoms with van der Waals surface area (Å²) in [7, 11) is 1.62. The van der Waals surface area contributed by atoms with E-state index in [0.29, 0.717) is 18.9 Å². The normalized spacial score (nSPS) is 10.4. The molecule has 100 valence electrons. The van der Waals surface area contributed by atoms with Crippen LogP contribution in [0.2, 0.25) is 0 Å². The van der Waals surface area contributed by atoms with Gasteiger partial charge in [0.25, 0.3) is 0 Å². The minimum absolute atomic E-state index is 0.0389. The van der Waals surface area contributed by atoms with Crippen molar-refractivity contribution >= 4 is 33.6 Å². The van der Waals surface area contributed by atoms with Crippen LogP contribution >= 0.6 is 27.7 Å². The first-order valence-electron chi connectivity index (χ1n) is 5.69. The third kappa shape index (κ3) is 5.00. The highest BCUT2D eigenvalue weighted by Crippen LogP contribution is 2.28. The molecule has 1 N–H and O–H groups in total. The standard InChI is InChI=1S/C13H18BrNO2S/c1-9-7-12(10(2)6-11(9)14)18-8-13(16)15-4-5-17-3/h6-7H,4-5,8H2,1-3H3,(H,15,16). The van der Waals surface area contributed by atoms with Gasteiger partial charge in [0.05, 0.1) is 12.4 Å². The second-order valence-electron chi connectivity index (χ2n) is 4.00. The Morgan fingerprint density at radius 2 is 2.11 bits per heavy atom. The first kappa shape index (κ1) is 15.5. The predicted octanol–water partition coefficient (Wildman–Crippen LogP) is 2.92. The third-order valence-electron chi connectivity index (χ3n) is 2.44. The second kappa shape index (κ2) is 7.81. The van der Waals surface area contributed by atoms with Gasteiger partial charge in [0.15, 0.2) is 0 Å². The highest BCUT2D eigenvalue weighted by Gasteiger charge is 2.06. The zero-order valence-electron chi connectivity index (χ0n) is 10.9. The number of ether oxygens (including phenoxy) is 1. The summed E-state index contributed by atoms with van der Waals surface area (Å²) < 4.78 is 5.98. The molecule has 0 aliphatic carbocycles. The van der Waals surface area contributed by atoms with Crippen LogP contribution in [0.3, 0.4) is 0 Å². The molecular formula is C13H18BrNO2S. The molecule has 0 aliphatic rings. The smallest absolute Gasteiger partial charge is 0.230 e. The van der Waals surface area contributed by atoms with Gasteiger partial charge < -0.3 is 10.1 Å². The van der Waals surface area contributed by atoms with Gasteiger partial charge >= 0.3 is 0 Å². The van der Waals surface area contributed by atoms with Crippen molar-refractivity contribution in [2.45, 2.75) is 18.7 Å². The van der Waals surface area contributed by atoms with Crippen molar-refractivity contribution in [3.63, 3.8) is 0 Å². The summed E-state index contributed by atoms with van der Waals surface area (Å²) in [4.78, 5) is 12.7. The van der Waals surface area contributed by atoms with Gasteiger partial charge in [-0.05, 0) is 37.1 Å². The van der Waals surface area contributed by atoms with E-state index in [9.17, 15) is 4.79 Å². The van der Waals surface area contributed by atoms with Crippen LogP contribution in [-0.2, 0) is 9.53 Å². The van der Waals surface area contributed by atoms with Crippen molar-refractivity contribution in [3.05, 3.63) is 27.7 Å². The minimum Gasteiger partial charge on any atom is -0.383 e. The SMILES string of the molecule is COCCNC(=O)CSc1cc(C)c(Br)cc1C. The number of methoxy groups -OCH3 is 1. The van der Waals surface area contributed by atoms with Crippen LogP contribution in [0, 0.1) is 13.8 Å². The number of halogens is 1. The third-order valence-corrected chi connectivity index (χ3v) is 4.46.